The van der Waals surface area contributed by atoms with Crippen molar-refractivity contribution in [2.45, 2.75) is 19.1 Å². The molecule has 0 saturated carbocycles. The molecule has 32 heavy (non-hydrogen) atoms. The van der Waals surface area contributed by atoms with E-state index in [0.717, 1.165) is 16.7 Å². The van der Waals surface area contributed by atoms with Gasteiger partial charge in [0, 0.05) is 5.92 Å². The number of hydrogen-bond acceptors (Lipinski definition) is 5. The van der Waals surface area contributed by atoms with E-state index in [1.54, 1.807) is 4.68 Å². The highest BCUT2D eigenvalue weighted by Crippen LogP contribution is 2.44. The normalized spacial score (nSPS) is 12.3. The van der Waals surface area contributed by atoms with Crippen molar-refractivity contribution in [3.8, 4) is 11.1 Å². The Morgan fingerprint density at radius 2 is 1.56 bits per heavy atom. The van der Waals surface area contributed by atoms with Crippen LogP contribution in [0.15, 0.2) is 78.9 Å². The summed E-state index contributed by atoms with van der Waals surface area (Å²) in [6.07, 6.45) is -0.613. The minimum atomic E-state index is -0.613. The summed E-state index contributed by atoms with van der Waals surface area (Å²) in [6.45, 7) is 0.273. The van der Waals surface area contributed by atoms with Gasteiger partial charge < -0.3 is 9.84 Å². The van der Waals surface area contributed by atoms with E-state index < -0.39 is 6.09 Å². The number of amides is 1. The monoisotopic (exact) mass is 426 g/mol. The first-order chi connectivity index (χ1) is 15.7. The van der Waals surface area contributed by atoms with Gasteiger partial charge in [-0.1, -0.05) is 84.1 Å². The number of aliphatic hydroxyl groups excluding tert-OH is 1. The molecule has 0 fully saturated rings. The van der Waals surface area contributed by atoms with Gasteiger partial charge in [-0.05, 0) is 27.8 Å². The van der Waals surface area contributed by atoms with Crippen molar-refractivity contribution in [2.75, 3.05) is 11.9 Å². The van der Waals surface area contributed by atoms with E-state index in [0.29, 0.717) is 12.4 Å². The smallest absolute Gasteiger partial charge is 0.412 e. The number of rotatable bonds is 6. The highest BCUT2D eigenvalue weighted by atomic mass is 16.5. The van der Waals surface area contributed by atoms with Gasteiger partial charge in [0.1, 0.15) is 12.3 Å². The Morgan fingerprint density at radius 3 is 2.22 bits per heavy atom. The topological polar surface area (TPSA) is 89.3 Å². The van der Waals surface area contributed by atoms with Crippen LogP contribution in [0.2, 0.25) is 0 Å². The Labute approximate surface area is 185 Å². The van der Waals surface area contributed by atoms with Crippen LogP contribution in [-0.2, 0) is 17.9 Å². The molecule has 160 valence electrons. The fraction of sp³-hybridized carbons (Fsp3) is 0.160. The summed E-state index contributed by atoms with van der Waals surface area (Å²) in [4.78, 5) is 12.7. The lowest BCUT2D eigenvalue weighted by Gasteiger charge is -2.15. The van der Waals surface area contributed by atoms with Crippen LogP contribution in [-0.4, -0.2) is 32.8 Å². The lowest BCUT2D eigenvalue weighted by molar-refractivity contribution is 0.158. The van der Waals surface area contributed by atoms with Crippen molar-refractivity contribution in [1.82, 2.24) is 15.0 Å². The maximum Gasteiger partial charge on any atom is 0.412 e. The second-order valence-electron chi connectivity index (χ2n) is 7.64. The molecule has 0 spiro atoms. The molecule has 0 unspecified atom stereocenters. The van der Waals surface area contributed by atoms with E-state index in [-0.39, 0.29) is 24.8 Å². The van der Waals surface area contributed by atoms with Crippen molar-refractivity contribution in [2.24, 2.45) is 0 Å². The zero-order chi connectivity index (χ0) is 21.9. The Morgan fingerprint density at radius 1 is 0.938 bits per heavy atom. The summed E-state index contributed by atoms with van der Waals surface area (Å²) < 4.78 is 7.16. The average Bonchev–Trinajstić information content (AvgIpc) is 3.36. The maximum absolute atomic E-state index is 12.7. The summed E-state index contributed by atoms with van der Waals surface area (Å²) in [5.41, 5.74) is 5.92. The molecule has 0 aliphatic heterocycles. The van der Waals surface area contributed by atoms with Crippen molar-refractivity contribution in [3.05, 3.63) is 101 Å². The number of fused-ring (bicyclic) bond motifs is 3. The number of ether oxygens (including phenoxy) is 1. The first-order valence-corrected chi connectivity index (χ1v) is 10.4. The zero-order valence-electron chi connectivity index (χ0n) is 17.3. The van der Waals surface area contributed by atoms with Crippen LogP contribution in [0.4, 0.5) is 10.6 Å². The van der Waals surface area contributed by atoms with Gasteiger partial charge in [-0.25, -0.2) is 9.48 Å². The van der Waals surface area contributed by atoms with Crippen LogP contribution in [0.1, 0.15) is 28.3 Å². The summed E-state index contributed by atoms with van der Waals surface area (Å²) in [7, 11) is 0. The quantitative estimate of drug-likeness (QED) is 0.483. The first kappa shape index (κ1) is 20.0. The van der Waals surface area contributed by atoms with Gasteiger partial charge in [0.25, 0.3) is 0 Å². The number of anilines is 1. The molecule has 0 bridgehead atoms. The standard InChI is InChI=1S/C25H22N4O3/c30-15-23-24(29(28-27-23)14-17-8-2-1-3-9-17)26-25(31)32-16-22-20-12-6-4-10-18(20)19-11-5-7-13-21(19)22/h1-13,22,30H,14-16H2,(H,26,31). The predicted molar refractivity (Wildman–Crippen MR) is 120 cm³/mol. The summed E-state index contributed by atoms with van der Waals surface area (Å²) in [6, 6.07) is 26.1. The van der Waals surface area contributed by atoms with Crippen LogP contribution in [0.3, 0.4) is 0 Å². The molecule has 1 heterocycles. The largest absolute Gasteiger partial charge is 0.448 e. The second kappa shape index (κ2) is 8.64. The lowest BCUT2D eigenvalue weighted by atomic mass is 9.98. The number of nitrogens with one attached hydrogen (secondary N) is 1. The minimum absolute atomic E-state index is 0.0298. The van der Waals surface area contributed by atoms with Gasteiger partial charge in [0.15, 0.2) is 5.82 Å². The van der Waals surface area contributed by atoms with E-state index in [9.17, 15) is 9.90 Å². The lowest BCUT2D eigenvalue weighted by Crippen LogP contribution is -2.21. The fourth-order valence-electron chi connectivity index (χ4n) is 4.19. The molecule has 0 atom stereocenters. The predicted octanol–water partition coefficient (Wildman–Crippen LogP) is 4.18. The van der Waals surface area contributed by atoms with Crippen LogP contribution < -0.4 is 5.32 Å². The summed E-state index contributed by atoms with van der Waals surface area (Å²) in [5.74, 6) is 0.298. The molecule has 0 radical (unpaired) electrons. The molecule has 5 rings (SSSR count). The molecule has 7 nitrogen and oxygen atoms in total. The number of aliphatic hydroxyl groups is 1. The molecule has 3 aromatic carbocycles. The third-order valence-electron chi connectivity index (χ3n) is 5.69. The van der Waals surface area contributed by atoms with Crippen LogP contribution >= 0.6 is 0 Å². The molecule has 1 aliphatic rings. The number of hydrogen-bond donors (Lipinski definition) is 2. The summed E-state index contributed by atoms with van der Waals surface area (Å²) in [5, 5.41) is 20.4. The van der Waals surface area contributed by atoms with Gasteiger partial charge >= 0.3 is 6.09 Å². The highest BCUT2D eigenvalue weighted by Gasteiger charge is 2.29. The van der Waals surface area contributed by atoms with Gasteiger partial charge in [-0.3, -0.25) is 5.32 Å². The van der Waals surface area contributed by atoms with E-state index in [1.807, 2.05) is 54.6 Å². The van der Waals surface area contributed by atoms with Crippen LogP contribution in [0.25, 0.3) is 11.1 Å². The molecule has 4 aromatic rings. The number of benzene rings is 3. The number of carbonyl (C=O) groups is 1. The average molecular weight is 426 g/mol. The van der Waals surface area contributed by atoms with E-state index >= 15 is 0 Å². The van der Waals surface area contributed by atoms with E-state index in [2.05, 4.69) is 39.9 Å². The van der Waals surface area contributed by atoms with Crippen molar-refractivity contribution in [1.29, 1.82) is 0 Å². The van der Waals surface area contributed by atoms with Crippen LogP contribution in [0, 0.1) is 0 Å². The number of aromatic nitrogens is 3. The van der Waals surface area contributed by atoms with E-state index in [1.165, 1.54) is 11.1 Å². The third kappa shape index (κ3) is 3.74. The van der Waals surface area contributed by atoms with E-state index in [4.69, 9.17) is 4.74 Å². The molecule has 2 N–H and O–H groups in total. The van der Waals surface area contributed by atoms with Gasteiger partial charge in [-0.2, -0.15) is 0 Å². The third-order valence-corrected chi connectivity index (χ3v) is 5.69. The van der Waals surface area contributed by atoms with Crippen molar-refractivity contribution >= 4 is 11.9 Å². The van der Waals surface area contributed by atoms with Crippen molar-refractivity contribution < 1.29 is 14.6 Å². The minimum Gasteiger partial charge on any atom is -0.448 e. The SMILES string of the molecule is O=C(Nc1c(CO)nnn1Cc1ccccc1)OCC1c2ccccc2-c2ccccc21. The number of nitrogens with zero attached hydrogens (tertiary/aromatic N) is 3. The van der Waals surface area contributed by atoms with Crippen molar-refractivity contribution in [3.63, 3.8) is 0 Å². The molecule has 1 aliphatic carbocycles. The Bertz CT molecular complexity index is 1210. The fourth-order valence-corrected chi connectivity index (χ4v) is 4.19. The Balaban J connectivity index is 1.32. The molecular formula is C25H22N4O3. The highest BCUT2D eigenvalue weighted by molar-refractivity contribution is 5.84. The zero-order valence-corrected chi connectivity index (χ0v) is 17.3. The van der Waals surface area contributed by atoms with Gasteiger partial charge in [-0.15, -0.1) is 5.10 Å². The molecular weight excluding hydrogens is 404 g/mol. The van der Waals surface area contributed by atoms with Gasteiger partial charge in [0.05, 0.1) is 13.2 Å². The Kier molecular flexibility index (Phi) is 5.39. The molecule has 7 heteroatoms. The first-order valence-electron chi connectivity index (χ1n) is 10.4. The Hall–Kier alpha value is -3.97. The van der Waals surface area contributed by atoms with Crippen LogP contribution in [0.5, 0.6) is 0 Å². The molecule has 1 amide bonds. The maximum atomic E-state index is 12.7. The van der Waals surface area contributed by atoms with Gasteiger partial charge in [0.2, 0.25) is 0 Å². The summed E-state index contributed by atoms with van der Waals surface area (Å²) >= 11 is 0. The second-order valence-corrected chi connectivity index (χ2v) is 7.64. The number of carbonyl (C=O) groups excluding carboxylic acids is 1. The molecule has 1 aromatic heterocycles. The molecule has 0 saturated heterocycles.